The second kappa shape index (κ2) is 7.97. The SMILES string of the molecule is C=CCN(CCC)CCn1cc(CNC)nn1. The largest absolute Gasteiger partial charge is 0.314 e. The summed E-state index contributed by atoms with van der Waals surface area (Å²) < 4.78 is 1.90. The maximum Gasteiger partial charge on any atom is 0.0964 e. The lowest BCUT2D eigenvalue weighted by atomic mass is 10.4. The minimum Gasteiger partial charge on any atom is -0.314 e. The van der Waals surface area contributed by atoms with Crippen molar-refractivity contribution in [3.63, 3.8) is 0 Å². The lowest BCUT2D eigenvalue weighted by molar-refractivity contribution is 0.283. The summed E-state index contributed by atoms with van der Waals surface area (Å²) in [6, 6.07) is 0. The number of hydrogen-bond donors (Lipinski definition) is 1. The van der Waals surface area contributed by atoms with Crippen molar-refractivity contribution < 1.29 is 0 Å². The molecule has 0 saturated heterocycles. The molecule has 1 heterocycles. The molecule has 0 aromatic carbocycles. The van der Waals surface area contributed by atoms with Crippen LogP contribution in [0.4, 0.5) is 0 Å². The fourth-order valence-corrected chi connectivity index (χ4v) is 1.75. The maximum absolute atomic E-state index is 4.10. The first-order valence-corrected chi connectivity index (χ1v) is 6.17. The van der Waals surface area contributed by atoms with Crippen LogP contribution >= 0.6 is 0 Å². The van der Waals surface area contributed by atoms with Gasteiger partial charge in [-0.25, -0.2) is 0 Å². The number of nitrogens with zero attached hydrogens (tertiary/aromatic N) is 4. The van der Waals surface area contributed by atoms with Gasteiger partial charge in [-0.1, -0.05) is 18.2 Å². The van der Waals surface area contributed by atoms with Crippen molar-refractivity contribution in [1.29, 1.82) is 0 Å². The summed E-state index contributed by atoms with van der Waals surface area (Å²) in [5.74, 6) is 0. The van der Waals surface area contributed by atoms with E-state index < -0.39 is 0 Å². The highest BCUT2D eigenvalue weighted by molar-refractivity contribution is 4.91. The van der Waals surface area contributed by atoms with Crippen LogP contribution in [-0.2, 0) is 13.1 Å². The maximum atomic E-state index is 4.10. The first-order chi connectivity index (χ1) is 8.30. The lowest BCUT2D eigenvalue weighted by Crippen LogP contribution is -2.28. The Morgan fingerprint density at radius 1 is 1.53 bits per heavy atom. The third-order valence-electron chi connectivity index (χ3n) is 2.52. The Morgan fingerprint density at radius 2 is 2.35 bits per heavy atom. The van der Waals surface area contributed by atoms with Crippen LogP contribution in [0.15, 0.2) is 18.9 Å². The molecule has 0 saturated carbocycles. The van der Waals surface area contributed by atoms with Gasteiger partial charge in [0.1, 0.15) is 0 Å². The first-order valence-electron chi connectivity index (χ1n) is 6.17. The predicted molar refractivity (Wildman–Crippen MR) is 69.7 cm³/mol. The summed E-state index contributed by atoms with van der Waals surface area (Å²) >= 11 is 0. The van der Waals surface area contributed by atoms with Crippen LogP contribution in [0.3, 0.4) is 0 Å². The molecule has 0 aliphatic heterocycles. The number of rotatable bonds is 9. The highest BCUT2D eigenvalue weighted by atomic mass is 15.4. The van der Waals surface area contributed by atoms with E-state index in [0.717, 1.165) is 44.8 Å². The van der Waals surface area contributed by atoms with Gasteiger partial charge in [0.25, 0.3) is 0 Å². The monoisotopic (exact) mass is 237 g/mol. The molecule has 1 N–H and O–H groups in total. The topological polar surface area (TPSA) is 46.0 Å². The fourth-order valence-electron chi connectivity index (χ4n) is 1.75. The van der Waals surface area contributed by atoms with Gasteiger partial charge in [0.05, 0.1) is 12.2 Å². The smallest absolute Gasteiger partial charge is 0.0964 e. The Hall–Kier alpha value is -1.20. The van der Waals surface area contributed by atoms with E-state index >= 15 is 0 Å². The zero-order valence-corrected chi connectivity index (χ0v) is 10.9. The highest BCUT2D eigenvalue weighted by Gasteiger charge is 2.03. The molecule has 1 aromatic rings. The Labute approximate surface area is 103 Å². The van der Waals surface area contributed by atoms with Gasteiger partial charge in [0.2, 0.25) is 0 Å². The van der Waals surface area contributed by atoms with Crippen molar-refractivity contribution in [2.75, 3.05) is 26.7 Å². The molecule has 0 atom stereocenters. The Morgan fingerprint density at radius 3 is 3.00 bits per heavy atom. The van der Waals surface area contributed by atoms with Crippen molar-refractivity contribution in [1.82, 2.24) is 25.2 Å². The van der Waals surface area contributed by atoms with Crippen molar-refractivity contribution in [3.05, 3.63) is 24.5 Å². The van der Waals surface area contributed by atoms with Crippen LogP contribution in [0.1, 0.15) is 19.0 Å². The van der Waals surface area contributed by atoms with E-state index in [-0.39, 0.29) is 0 Å². The molecular weight excluding hydrogens is 214 g/mol. The fraction of sp³-hybridized carbons (Fsp3) is 0.667. The number of nitrogens with one attached hydrogen (secondary N) is 1. The van der Waals surface area contributed by atoms with Crippen molar-refractivity contribution in [2.24, 2.45) is 0 Å². The highest BCUT2D eigenvalue weighted by Crippen LogP contribution is 1.96. The van der Waals surface area contributed by atoms with Gasteiger partial charge >= 0.3 is 0 Å². The molecule has 0 unspecified atom stereocenters. The molecule has 1 rings (SSSR count). The molecule has 0 radical (unpaired) electrons. The predicted octanol–water partition coefficient (Wildman–Crippen LogP) is 0.895. The molecule has 0 amide bonds. The van der Waals surface area contributed by atoms with E-state index in [1.54, 1.807) is 0 Å². The summed E-state index contributed by atoms with van der Waals surface area (Å²) in [5, 5.41) is 11.3. The molecule has 0 bridgehead atoms. The Kier molecular flexibility index (Phi) is 6.50. The van der Waals surface area contributed by atoms with Crippen molar-refractivity contribution in [3.8, 4) is 0 Å². The molecular formula is C12H23N5. The normalized spacial score (nSPS) is 11.0. The van der Waals surface area contributed by atoms with E-state index in [1.807, 2.05) is 24.0 Å². The molecule has 0 aliphatic carbocycles. The number of aromatic nitrogens is 3. The molecule has 96 valence electrons. The van der Waals surface area contributed by atoms with Crippen molar-refractivity contribution in [2.45, 2.75) is 26.4 Å². The van der Waals surface area contributed by atoms with Crippen LogP contribution in [0.25, 0.3) is 0 Å². The quantitative estimate of drug-likeness (QED) is 0.648. The van der Waals surface area contributed by atoms with Crippen LogP contribution in [0, 0.1) is 0 Å². The second-order valence-corrected chi connectivity index (χ2v) is 4.09. The van der Waals surface area contributed by atoms with E-state index in [2.05, 4.69) is 34.0 Å². The Bertz CT molecular complexity index is 320. The zero-order chi connectivity index (χ0) is 12.5. The van der Waals surface area contributed by atoms with E-state index in [0.29, 0.717) is 0 Å². The summed E-state index contributed by atoms with van der Waals surface area (Å²) in [5.41, 5.74) is 0.985. The van der Waals surface area contributed by atoms with Gasteiger partial charge in [-0.3, -0.25) is 9.58 Å². The van der Waals surface area contributed by atoms with E-state index in [9.17, 15) is 0 Å². The molecule has 0 fully saturated rings. The van der Waals surface area contributed by atoms with Gasteiger partial charge in [-0.2, -0.15) is 0 Å². The molecule has 17 heavy (non-hydrogen) atoms. The van der Waals surface area contributed by atoms with Gasteiger partial charge in [0, 0.05) is 25.8 Å². The summed E-state index contributed by atoms with van der Waals surface area (Å²) in [7, 11) is 1.91. The molecule has 0 spiro atoms. The third-order valence-corrected chi connectivity index (χ3v) is 2.52. The molecule has 5 nitrogen and oxygen atoms in total. The average molecular weight is 237 g/mol. The molecule has 0 aliphatic rings. The summed E-state index contributed by atoms with van der Waals surface area (Å²) in [4.78, 5) is 2.37. The molecule has 5 heteroatoms. The standard InChI is InChI=1S/C12H23N5/c1-4-6-16(7-5-2)8-9-17-11-12(10-13-3)14-15-17/h4,11,13H,1,5-10H2,2-3H3. The average Bonchev–Trinajstić information content (AvgIpc) is 2.75. The van der Waals surface area contributed by atoms with Gasteiger partial charge in [-0.05, 0) is 20.0 Å². The van der Waals surface area contributed by atoms with Gasteiger partial charge < -0.3 is 5.32 Å². The van der Waals surface area contributed by atoms with Gasteiger partial charge in [-0.15, -0.1) is 11.7 Å². The minimum atomic E-state index is 0.769. The number of hydrogen-bond acceptors (Lipinski definition) is 4. The summed E-state index contributed by atoms with van der Waals surface area (Å²) in [6.45, 7) is 10.6. The van der Waals surface area contributed by atoms with Crippen LogP contribution in [0.5, 0.6) is 0 Å². The Balaban J connectivity index is 2.38. The third kappa shape index (κ3) is 5.10. The van der Waals surface area contributed by atoms with E-state index in [4.69, 9.17) is 0 Å². The van der Waals surface area contributed by atoms with Crippen LogP contribution < -0.4 is 5.32 Å². The van der Waals surface area contributed by atoms with Crippen LogP contribution in [0.2, 0.25) is 0 Å². The first kappa shape index (κ1) is 13.9. The minimum absolute atomic E-state index is 0.769. The second-order valence-electron chi connectivity index (χ2n) is 4.09. The van der Waals surface area contributed by atoms with Crippen LogP contribution in [-0.4, -0.2) is 46.6 Å². The van der Waals surface area contributed by atoms with E-state index in [1.165, 1.54) is 0 Å². The lowest BCUT2D eigenvalue weighted by Gasteiger charge is -2.19. The van der Waals surface area contributed by atoms with Gasteiger partial charge in [0.15, 0.2) is 0 Å². The molecule has 1 aromatic heterocycles. The summed E-state index contributed by atoms with van der Waals surface area (Å²) in [6.07, 6.45) is 5.11. The zero-order valence-electron chi connectivity index (χ0n) is 10.9. The van der Waals surface area contributed by atoms with Crippen molar-refractivity contribution >= 4 is 0 Å².